The highest BCUT2D eigenvalue weighted by Crippen LogP contribution is 2.29. The number of fused-ring (bicyclic) bond motifs is 1. The Kier molecular flexibility index (Phi) is 10.2. The molecule has 0 spiro atoms. The molecule has 1 fully saturated rings. The van der Waals surface area contributed by atoms with Gasteiger partial charge in [-0.2, -0.15) is 8.42 Å². The van der Waals surface area contributed by atoms with Crippen LogP contribution < -0.4 is 13.6 Å². The minimum absolute atomic E-state index is 0.0146. The van der Waals surface area contributed by atoms with Gasteiger partial charge in [0.05, 0.1) is 37.6 Å². The van der Waals surface area contributed by atoms with Gasteiger partial charge in [0.2, 0.25) is 10.0 Å². The zero-order valence-corrected chi connectivity index (χ0v) is 26.1. The van der Waals surface area contributed by atoms with Crippen LogP contribution in [0.3, 0.4) is 0 Å². The molecule has 0 unspecified atom stereocenters. The van der Waals surface area contributed by atoms with E-state index in [1.165, 1.54) is 36.4 Å². The number of nitrogens with one attached hydrogen (secondary N) is 1. The predicted octanol–water partition coefficient (Wildman–Crippen LogP) is 2.37. The fourth-order valence-corrected chi connectivity index (χ4v) is 7.57. The summed E-state index contributed by atoms with van der Waals surface area (Å²) in [5.41, 5.74) is 1.19. The number of carbonyl (C=O) groups excluding carboxylic acids is 2. The largest absolute Gasteiger partial charge is 0.493 e. The lowest BCUT2D eigenvalue weighted by atomic mass is 10.1. The van der Waals surface area contributed by atoms with Crippen LogP contribution in [0.4, 0.5) is 0 Å². The second kappa shape index (κ2) is 14.1. The topological polar surface area (TPSA) is 158 Å². The number of hydroxylamine groups is 2. The van der Waals surface area contributed by atoms with Gasteiger partial charge in [-0.15, -0.1) is 5.06 Å². The van der Waals surface area contributed by atoms with E-state index in [1.807, 2.05) is 0 Å². The first-order valence-electron chi connectivity index (χ1n) is 14.2. The van der Waals surface area contributed by atoms with Crippen LogP contribution in [-0.4, -0.2) is 91.2 Å². The third-order valence-corrected chi connectivity index (χ3v) is 9.95. The first kappa shape index (κ1) is 32.5. The van der Waals surface area contributed by atoms with Crippen LogP contribution in [0.15, 0.2) is 76.5 Å². The van der Waals surface area contributed by atoms with Gasteiger partial charge in [-0.1, -0.05) is 24.3 Å². The van der Waals surface area contributed by atoms with Crippen molar-refractivity contribution in [3.63, 3.8) is 0 Å². The van der Waals surface area contributed by atoms with Gasteiger partial charge < -0.3 is 13.7 Å². The molecule has 0 bridgehead atoms. The van der Waals surface area contributed by atoms with E-state index >= 15 is 0 Å². The van der Waals surface area contributed by atoms with Crippen LogP contribution in [0.5, 0.6) is 11.5 Å². The van der Waals surface area contributed by atoms with Gasteiger partial charge >= 0.3 is 10.1 Å². The van der Waals surface area contributed by atoms with Crippen molar-refractivity contribution in [2.75, 3.05) is 52.6 Å². The van der Waals surface area contributed by atoms with Crippen LogP contribution >= 0.6 is 0 Å². The van der Waals surface area contributed by atoms with E-state index in [1.54, 1.807) is 37.3 Å². The fourth-order valence-electron chi connectivity index (χ4n) is 4.83. The Morgan fingerprint density at radius 3 is 2.13 bits per heavy atom. The summed E-state index contributed by atoms with van der Waals surface area (Å²) in [6.07, 6.45) is 0.305. The average Bonchev–Trinajstić information content (AvgIpc) is 3.26. The molecule has 1 N–H and O–H groups in total. The molecule has 0 atom stereocenters. The second-order valence-electron chi connectivity index (χ2n) is 10.3. The Labute approximate surface area is 261 Å². The Balaban J connectivity index is 1.17. The first-order chi connectivity index (χ1) is 21.5. The van der Waals surface area contributed by atoms with Crippen molar-refractivity contribution in [1.82, 2.24) is 14.7 Å². The first-order valence-corrected chi connectivity index (χ1v) is 17.1. The molecule has 1 saturated heterocycles. The number of ether oxygens (including phenoxy) is 2. The molecular weight excluding hydrogens is 626 g/mol. The van der Waals surface area contributed by atoms with Crippen molar-refractivity contribution in [3.8, 4) is 11.5 Å². The van der Waals surface area contributed by atoms with E-state index < -0.39 is 41.7 Å². The summed E-state index contributed by atoms with van der Waals surface area (Å²) in [6.45, 7) is 4.92. The summed E-state index contributed by atoms with van der Waals surface area (Å²) in [4.78, 5) is 31.3. The summed E-state index contributed by atoms with van der Waals surface area (Å²) in [5.74, 6) is -0.834. The Morgan fingerprint density at radius 2 is 1.44 bits per heavy atom. The van der Waals surface area contributed by atoms with Crippen LogP contribution in [0.2, 0.25) is 0 Å². The SMILES string of the molecule is Cc1cc(OCCCON2C(=O)c3ccccc3C2=O)cc(OS(=O)(=O)c2ccccc2S(=O)(=O)NCCN2CCOCC2)c1. The quantitative estimate of drug-likeness (QED) is 0.154. The number of imide groups is 1. The number of amides is 2. The zero-order valence-electron chi connectivity index (χ0n) is 24.5. The number of nitrogens with zero attached hydrogens (tertiary/aromatic N) is 2. The number of benzene rings is 3. The van der Waals surface area contributed by atoms with Crippen molar-refractivity contribution in [2.45, 2.75) is 23.1 Å². The van der Waals surface area contributed by atoms with Gasteiger partial charge in [0.15, 0.2) is 0 Å². The molecule has 0 aliphatic carbocycles. The van der Waals surface area contributed by atoms with Gasteiger partial charge in [0.1, 0.15) is 21.3 Å². The van der Waals surface area contributed by atoms with Crippen molar-refractivity contribution in [3.05, 3.63) is 83.4 Å². The molecule has 15 heteroatoms. The number of morpholine rings is 1. The maximum absolute atomic E-state index is 13.3. The van der Waals surface area contributed by atoms with Gasteiger partial charge in [-0.3, -0.25) is 19.3 Å². The molecule has 3 aromatic carbocycles. The van der Waals surface area contributed by atoms with Crippen LogP contribution in [0.25, 0.3) is 0 Å². The second-order valence-corrected chi connectivity index (χ2v) is 13.6. The Hall–Kier alpha value is -3.86. The molecule has 2 aliphatic rings. The molecule has 2 amide bonds. The predicted molar refractivity (Wildman–Crippen MR) is 161 cm³/mol. The lowest BCUT2D eigenvalue weighted by Crippen LogP contribution is -2.41. The number of rotatable bonds is 14. The van der Waals surface area contributed by atoms with Crippen LogP contribution in [0, 0.1) is 6.92 Å². The van der Waals surface area contributed by atoms with E-state index in [0.717, 1.165) is 5.06 Å². The molecule has 13 nitrogen and oxygen atoms in total. The third-order valence-electron chi connectivity index (χ3n) is 7.00. The van der Waals surface area contributed by atoms with E-state index in [9.17, 15) is 26.4 Å². The molecule has 0 aromatic heterocycles. The van der Waals surface area contributed by atoms with Gasteiger partial charge in [0, 0.05) is 38.7 Å². The molecule has 5 rings (SSSR count). The zero-order chi connectivity index (χ0) is 32.0. The molecule has 2 heterocycles. The van der Waals surface area contributed by atoms with E-state index in [-0.39, 0.29) is 36.6 Å². The molecule has 240 valence electrons. The highest BCUT2D eigenvalue weighted by Gasteiger charge is 2.36. The third kappa shape index (κ3) is 7.87. The molecule has 2 aliphatic heterocycles. The van der Waals surface area contributed by atoms with E-state index in [0.29, 0.717) is 50.6 Å². The van der Waals surface area contributed by atoms with Crippen molar-refractivity contribution < 1.29 is 44.9 Å². The number of carbonyl (C=O) groups is 2. The molecule has 0 saturated carbocycles. The fraction of sp³-hybridized carbons (Fsp3) is 0.333. The molecule has 0 radical (unpaired) electrons. The van der Waals surface area contributed by atoms with Crippen molar-refractivity contribution in [1.29, 1.82) is 0 Å². The Morgan fingerprint density at radius 1 is 0.822 bits per heavy atom. The number of sulfonamides is 1. The number of hydrogen-bond acceptors (Lipinski definition) is 11. The number of aryl methyl sites for hydroxylation is 1. The minimum Gasteiger partial charge on any atom is -0.493 e. The summed E-state index contributed by atoms with van der Waals surface area (Å²) in [6, 6.07) is 16.2. The molecular formula is C30H33N3O10S2. The van der Waals surface area contributed by atoms with Gasteiger partial charge in [-0.05, 0) is 48.9 Å². The number of hydrogen-bond donors (Lipinski definition) is 1. The van der Waals surface area contributed by atoms with Crippen molar-refractivity contribution >= 4 is 32.0 Å². The van der Waals surface area contributed by atoms with Crippen LogP contribution in [0.1, 0.15) is 32.7 Å². The lowest BCUT2D eigenvalue weighted by Gasteiger charge is -2.26. The summed E-state index contributed by atoms with van der Waals surface area (Å²) < 4.78 is 71.7. The normalized spacial score (nSPS) is 15.7. The Bertz CT molecular complexity index is 1740. The summed E-state index contributed by atoms with van der Waals surface area (Å²) in [7, 11) is -8.75. The van der Waals surface area contributed by atoms with Gasteiger partial charge in [-0.25, -0.2) is 13.1 Å². The smallest absolute Gasteiger partial charge is 0.340 e. The van der Waals surface area contributed by atoms with Crippen LogP contribution in [-0.2, 0) is 29.7 Å². The highest BCUT2D eigenvalue weighted by molar-refractivity contribution is 7.91. The molecule has 45 heavy (non-hydrogen) atoms. The minimum atomic E-state index is -4.57. The van der Waals surface area contributed by atoms with E-state index in [4.69, 9.17) is 18.5 Å². The standard InChI is InChI=1S/C30H33N3O10S2/c1-22-19-23(41-15-6-16-42-33-29(34)25-7-2-3-8-26(25)30(33)35)21-24(20-22)43-45(38,39)28-10-5-4-9-27(28)44(36,37)31-11-12-32-13-17-40-18-14-32/h2-5,7-10,19-21,31H,6,11-18H2,1H3. The lowest BCUT2D eigenvalue weighted by molar-refractivity contribution is -0.0935. The summed E-state index contributed by atoms with van der Waals surface area (Å²) in [5, 5.41) is 0.728. The van der Waals surface area contributed by atoms with E-state index in [2.05, 4.69) is 9.62 Å². The van der Waals surface area contributed by atoms with Gasteiger partial charge in [0.25, 0.3) is 11.8 Å². The molecule has 3 aromatic rings. The monoisotopic (exact) mass is 659 g/mol. The van der Waals surface area contributed by atoms with Crippen molar-refractivity contribution in [2.24, 2.45) is 0 Å². The maximum Gasteiger partial charge on any atom is 0.340 e. The highest BCUT2D eigenvalue weighted by atomic mass is 32.2. The summed E-state index contributed by atoms with van der Waals surface area (Å²) >= 11 is 0. The average molecular weight is 660 g/mol. The maximum atomic E-state index is 13.3.